The second kappa shape index (κ2) is 7.63. The van der Waals surface area contributed by atoms with E-state index in [2.05, 4.69) is 11.2 Å². The molecule has 0 aliphatic heterocycles. The predicted octanol–water partition coefficient (Wildman–Crippen LogP) is 3.91. The van der Waals surface area contributed by atoms with Gasteiger partial charge < -0.3 is 9.30 Å². The summed E-state index contributed by atoms with van der Waals surface area (Å²) >= 11 is 0. The molecule has 4 rings (SSSR count). The fourth-order valence-corrected chi connectivity index (χ4v) is 3.80. The molecule has 0 amide bonds. The van der Waals surface area contributed by atoms with Gasteiger partial charge in [0.05, 0.1) is 12.8 Å². The quantitative estimate of drug-likeness (QED) is 0.476. The number of aryl methyl sites for hydroxylation is 2. The van der Waals surface area contributed by atoms with Crippen LogP contribution in [0.25, 0.3) is 22.2 Å². The number of hydrogen-bond acceptors (Lipinski definition) is 4. The van der Waals surface area contributed by atoms with Crippen molar-refractivity contribution in [2.45, 2.75) is 20.4 Å². The molecule has 30 heavy (non-hydrogen) atoms. The fraction of sp³-hybridized carbons (Fsp3) is 0.208. The standard InChI is InChI=1S/C24H23N3O3/c1-15-9-10-18-20(13-15)26(3)16(2)24(18)21(28)14-27-23(29)12-11-19(25-27)17-7-5-6-8-22(17)30-4/h5-13H,14H2,1-4H3. The summed E-state index contributed by atoms with van der Waals surface area (Å²) in [6.45, 7) is 3.82. The number of Topliss-reactive ketones (excluding diaryl/α,β-unsaturated/α-hetero) is 1. The highest BCUT2D eigenvalue weighted by atomic mass is 16.5. The van der Waals surface area contributed by atoms with Gasteiger partial charge in [0.2, 0.25) is 0 Å². The van der Waals surface area contributed by atoms with E-state index in [0.29, 0.717) is 17.0 Å². The number of ketones is 1. The Balaban J connectivity index is 1.75. The molecule has 0 unspecified atom stereocenters. The Labute approximate surface area is 174 Å². The molecule has 6 nitrogen and oxygen atoms in total. The van der Waals surface area contributed by atoms with Crippen LogP contribution in [0.3, 0.4) is 0 Å². The van der Waals surface area contributed by atoms with Crippen molar-refractivity contribution >= 4 is 16.7 Å². The third-order valence-electron chi connectivity index (χ3n) is 5.47. The first kappa shape index (κ1) is 19.6. The maximum Gasteiger partial charge on any atom is 0.267 e. The number of fused-ring (bicyclic) bond motifs is 1. The zero-order valence-corrected chi connectivity index (χ0v) is 17.5. The van der Waals surface area contributed by atoms with Crippen molar-refractivity contribution < 1.29 is 9.53 Å². The van der Waals surface area contributed by atoms with Crippen molar-refractivity contribution in [2.75, 3.05) is 7.11 Å². The maximum absolute atomic E-state index is 13.2. The Hall–Kier alpha value is -3.67. The summed E-state index contributed by atoms with van der Waals surface area (Å²) in [5.41, 5.74) is 4.64. The molecule has 2 aromatic heterocycles. The summed E-state index contributed by atoms with van der Waals surface area (Å²) in [7, 11) is 3.53. The Morgan fingerprint density at radius 2 is 1.83 bits per heavy atom. The van der Waals surface area contributed by atoms with Gasteiger partial charge in [-0.15, -0.1) is 0 Å². The molecule has 2 aromatic carbocycles. The van der Waals surface area contributed by atoms with E-state index in [1.807, 2.05) is 61.9 Å². The molecule has 0 N–H and O–H groups in total. The molecule has 152 valence electrons. The molecule has 0 aliphatic carbocycles. The van der Waals surface area contributed by atoms with Crippen LogP contribution in [0.15, 0.2) is 59.4 Å². The highest BCUT2D eigenvalue weighted by molar-refractivity contribution is 6.09. The Bertz CT molecular complexity index is 1330. The summed E-state index contributed by atoms with van der Waals surface area (Å²) in [5.74, 6) is 0.510. The van der Waals surface area contributed by atoms with Crippen molar-refractivity contribution in [1.82, 2.24) is 14.3 Å². The number of benzene rings is 2. The third-order valence-corrected chi connectivity index (χ3v) is 5.47. The predicted molar refractivity (Wildman–Crippen MR) is 117 cm³/mol. The number of hydrogen-bond donors (Lipinski definition) is 0. The monoisotopic (exact) mass is 401 g/mol. The van der Waals surface area contributed by atoms with E-state index in [1.165, 1.54) is 10.7 Å². The van der Waals surface area contributed by atoms with Gasteiger partial charge in [0.15, 0.2) is 5.78 Å². The van der Waals surface area contributed by atoms with Crippen LogP contribution in [0.5, 0.6) is 5.75 Å². The lowest BCUT2D eigenvalue weighted by Gasteiger charge is -2.10. The minimum atomic E-state index is -0.323. The minimum absolute atomic E-state index is 0.129. The van der Waals surface area contributed by atoms with Gasteiger partial charge in [-0.25, -0.2) is 4.68 Å². The van der Waals surface area contributed by atoms with Crippen molar-refractivity contribution in [1.29, 1.82) is 0 Å². The van der Waals surface area contributed by atoms with Crippen LogP contribution in [-0.4, -0.2) is 27.2 Å². The van der Waals surface area contributed by atoms with E-state index in [4.69, 9.17) is 4.74 Å². The molecule has 6 heteroatoms. The van der Waals surface area contributed by atoms with Crippen molar-refractivity contribution in [3.63, 3.8) is 0 Å². The largest absolute Gasteiger partial charge is 0.496 e. The smallest absolute Gasteiger partial charge is 0.267 e. The van der Waals surface area contributed by atoms with Crippen LogP contribution in [-0.2, 0) is 13.6 Å². The molecule has 0 spiro atoms. The number of ether oxygens (including phenoxy) is 1. The summed E-state index contributed by atoms with van der Waals surface area (Å²) in [6, 6.07) is 16.5. The number of para-hydroxylation sites is 1. The highest BCUT2D eigenvalue weighted by Gasteiger charge is 2.20. The van der Waals surface area contributed by atoms with Crippen LogP contribution >= 0.6 is 0 Å². The lowest BCUT2D eigenvalue weighted by Crippen LogP contribution is -2.26. The molecule has 0 saturated carbocycles. The first-order chi connectivity index (χ1) is 14.4. The van der Waals surface area contributed by atoms with Gasteiger partial charge >= 0.3 is 0 Å². The molecular weight excluding hydrogens is 378 g/mol. The van der Waals surface area contributed by atoms with E-state index in [1.54, 1.807) is 13.2 Å². The molecule has 0 saturated heterocycles. The summed E-state index contributed by atoms with van der Waals surface area (Å²) in [5, 5.41) is 5.33. The second-order valence-corrected chi connectivity index (χ2v) is 7.38. The van der Waals surface area contributed by atoms with Crippen LogP contribution in [0, 0.1) is 13.8 Å². The molecule has 0 bridgehead atoms. The van der Waals surface area contributed by atoms with Gasteiger partial charge in [-0.1, -0.05) is 24.3 Å². The molecular formula is C24H23N3O3. The fourth-order valence-electron chi connectivity index (χ4n) is 3.80. The van der Waals surface area contributed by atoms with Gasteiger partial charge in [-0.05, 0) is 43.7 Å². The van der Waals surface area contributed by atoms with Crippen LogP contribution in [0.1, 0.15) is 21.6 Å². The number of rotatable bonds is 5. The van der Waals surface area contributed by atoms with Crippen LogP contribution in [0.2, 0.25) is 0 Å². The average Bonchev–Trinajstić information content (AvgIpc) is 2.99. The SMILES string of the molecule is COc1ccccc1-c1ccc(=O)n(CC(=O)c2c(C)n(C)c3cc(C)ccc23)n1. The first-order valence-electron chi connectivity index (χ1n) is 9.71. The first-order valence-corrected chi connectivity index (χ1v) is 9.71. The number of aromatic nitrogens is 3. The Kier molecular flexibility index (Phi) is 4.99. The number of carbonyl (C=O) groups excluding carboxylic acids is 1. The topological polar surface area (TPSA) is 66.1 Å². The molecule has 0 radical (unpaired) electrons. The minimum Gasteiger partial charge on any atom is -0.496 e. The molecule has 2 heterocycles. The molecule has 0 fully saturated rings. The second-order valence-electron chi connectivity index (χ2n) is 7.38. The van der Waals surface area contributed by atoms with Crippen molar-refractivity contribution in [2.24, 2.45) is 7.05 Å². The van der Waals surface area contributed by atoms with Crippen LogP contribution in [0.4, 0.5) is 0 Å². The summed E-state index contributed by atoms with van der Waals surface area (Å²) in [4.78, 5) is 25.7. The maximum atomic E-state index is 13.2. The molecule has 0 atom stereocenters. The third kappa shape index (κ3) is 3.30. The van der Waals surface area contributed by atoms with Gasteiger partial charge in [0.1, 0.15) is 12.3 Å². The number of methoxy groups -OCH3 is 1. The zero-order chi connectivity index (χ0) is 21.4. The van der Waals surface area contributed by atoms with Gasteiger partial charge in [0, 0.05) is 40.8 Å². The average molecular weight is 401 g/mol. The summed E-state index contributed by atoms with van der Waals surface area (Å²) < 4.78 is 8.63. The lowest BCUT2D eigenvalue weighted by molar-refractivity contribution is 0.0966. The Morgan fingerprint density at radius 1 is 1.07 bits per heavy atom. The van der Waals surface area contributed by atoms with E-state index in [9.17, 15) is 9.59 Å². The highest BCUT2D eigenvalue weighted by Crippen LogP contribution is 2.28. The number of nitrogens with zero attached hydrogens (tertiary/aromatic N) is 3. The van der Waals surface area contributed by atoms with E-state index >= 15 is 0 Å². The van der Waals surface area contributed by atoms with Crippen LogP contribution < -0.4 is 10.3 Å². The van der Waals surface area contributed by atoms with E-state index in [-0.39, 0.29) is 17.9 Å². The van der Waals surface area contributed by atoms with Crippen molar-refractivity contribution in [3.8, 4) is 17.0 Å². The van der Waals surface area contributed by atoms with Gasteiger partial charge in [-0.2, -0.15) is 5.10 Å². The summed E-state index contributed by atoms with van der Waals surface area (Å²) in [6.07, 6.45) is 0. The molecule has 4 aromatic rings. The normalized spacial score (nSPS) is 11.1. The van der Waals surface area contributed by atoms with E-state index in [0.717, 1.165) is 27.7 Å². The number of carbonyl (C=O) groups is 1. The lowest BCUT2D eigenvalue weighted by atomic mass is 10.1. The van der Waals surface area contributed by atoms with Gasteiger partial charge in [-0.3, -0.25) is 9.59 Å². The zero-order valence-electron chi connectivity index (χ0n) is 17.5. The Morgan fingerprint density at radius 3 is 2.60 bits per heavy atom. The van der Waals surface area contributed by atoms with Gasteiger partial charge in [0.25, 0.3) is 5.56 Å². The van der Waals surface area contributed by atoms with E-state index < -0.39 is 0 Å². The molecule has 0 aliphatic rings. The van der Waals surface area contributed by atoms with Crippen molar-refractivity contribution in [3.05, 3.63) is 81.8 Å².